The van der Waals surface area contributed by atoms with Crippen molar-refractivity contribution in [2.45, 2.75) is 24.8 Å². The van der Waals surface area contributed by atoms with Crippen LogP contribution >= 0.6 is 0 Å². The Balaban J connectivity index is 1.57. The van der Waals surface area contributed by atoms with Crippen LogP contribution in [0.25, 0.3) is 0 Å². The van der Waals surface area contributed by atoms with Gasteiger partial charge in [0.05, 0.1) is 14.2 Å². The quantitative estimate of drug-likeness (QED) is 0.580. The van der Waals surface area contributed by atoms with Crippen LogP contribution in [-0.4, -0.2) is 33.8 Å². The standard InChI is InChI=1S/C21H26FN3O2/c1-23-20(24-13-15-7-8-18(26-2)19(11-15)27-3)25-14-21(9-10-21)16-5-4-6-17(22)12-16/h4-8,11-12H,9-10,13-14H2,1-3H3,(H2,23,24,25). The second-order valence-electron chi connectivity index (χ2n) is 6.76. The molecule has 0 bridgehead atoms. The van der Waals surface area contributed by atoms with Crippen LogP contribution in [0.1, 0.15) is 24.0 Å². The minimum atomic E-state index is -0.185. The molecule has 0 saturated heterocycles. The second kappa shape index (κ2) is 8.29. The first-order valence-corrected chi connectivity index (χ1v) is 9.02. The van der Waals surface area contributed by atoms with E-state index in [0.29, 0.717) is 24.0 Å². The number of nitrogens with one attached hydrogen (secondary N) is 2. The fourth-order valence-electron chi connectivity index (χ4n) is 3.19. The maximum absolute atomic E-state index is 13.5. The van der Waals surface area contributed by atoms with Gasteiger partial charge in [-0.1, -0.05) is 18.2 Å². The van der Waals surface area contributed by atoms with E-state index in [2.05, 4.69) is 15.6 Å². The minimum Gasteiger partial charge on any atom is -0.493 e. The maximum Gasteiger partial charge on any atom is 0.191 e. The van der Waals surface area contributed by atoms with Crippen molar-refractivity contribution in [1.82, 2.24) is 10.6 Å². The van der Waals surface area contributed by atoms with Crippen molar-refractivity contribution in [2.75, 3.05) is 27.8 Å². The number of halogens is 1. The lowest BCUT2D eigenvalue weighted by atomic mass is 9.96. The molecule has 0 atom stereocenters. The molecule has 2 aromatic rings. The van der Waals surface area contributed by atoms with Gasteiger partial charge in [0.1, 0.15) is 5.82 Å². The summed E-state index contributed by atoms with van der Waals surface area (Å²) in [5.74, 6) is 1.93. The molecule has 3 rings (SSSR count). The van der Waals surface area contributed by atoms with Crippen LogP contribution in [0, 0.1) is 5.82 Å². The van der Waals surface area contributed by atoms with Gasteiger partial charge in [-0.3, -0.25) is 4.99 Å². The molecule has 27 heavy (non-hydrogen) atoms. The van der Waals surface area contributed by atoms with Gasteiger partial charge in [0.15, 0.2) is 17.5 Å². The van der Waals surface area contributed by atoms with Crippen molar-refractivity contribution >= 4 is 5.96 Å². The first kappa shape index (κ1) is 19.0. The first-order valence-electron chi connectivity index (χ1n) is 9.02. The van der Waals surface area contributed by atoms with Gasteiger partial charge in [0, 0.05) is 25.6 Å². The van der Waals surface area contributed by atoms with E-state index in [1.165, 1.54) is 6.07 Å². The molecular weight excluding hydrogens is 345 g/mol. The molecule has 2 N–H and O–H groups in total. The van der Waals surface area contributed by atoms with Gasteiger partial charge >= 0.3 is 0 Å². The highest BCUT2D eigenvalue weighted by molar-refractivity contribution is 5.79. The van der Waals surface area contributed by atoms with Crippen LogP contribution < -0.4 is 20.1 Å². The fourth-order valence-corrected chi connectivity index (χ4v) is 3.19. The van der Waals surface area contributed by atoms with E-state index in [1.54, 1.807) is 33.4 Å². The normalized spacial score (nSPS) is 15.2. The van der Waals surface area contributed by atoms with Crippen LogP contribution in [0.4, 0.5) is 4.39 Å². The number of benzene rings is 2. The van der Waals surface area contributed by atoms with Gasteiger partial charge < -0.3 is 20.1 Å². The van der Waals surface area contributed by atoms with Crippen LogP contribution in [0.15, 0.2) is 47.5 Å². The van der Waals surface area contributed by atoms with Gasteiger partial charge in [-0.25, -0.2) is 4.39 Å². The van der Waals surface area contributed by atoms with Crippen LogP contribution in [0.2, 0.25) is 0 Å². The largest absolute Gasteiger partial charge is 0.493 e. The molecule has 6 heteroatoms. The molecule has 1 aliphatic carbocycles. The van der Waals surface area contributed by atoms with Crippen LogP contribution in [0.3, 0.4) is 0 Å². The summed E-state index contributed by atoms with van der Waals surface area (Å²) in [4.78, 5) is 4.29. The molecular formula is C21H26FN3O2. The Hall–Kier alpha value is -2.76. The van der Waals surface area contributed by atoms with Crippen molar-refractivity contribution in [3.63, 3.8) is 0 Å². The Kier molecular flexibility index (Phi) is 5.84. The van der Waals surface area contributed by atoms with E-state index in [4.69, 9.17) is 9.47 Å². The predicted molar refractivity (Wildman–Crippen MR) is 105 cm³/mol. The monoisotopic (exact) mass is 371 g/mol. The van der Waals surface area contributed by atoms with Gasteiger partial charge in [-0.15, -0.1) is 0 Å². The number of hydrogen-bond donors (Lipinski definition) is 2. The summed E-state index contributed by atoms with van der Waals surface area (Å²) < 4.78 is 24.1. The SMILES string of the molecule is CN=C(NCc1ccc(OC)c(OC)c1)NCC1(c2cccc(F)c2)CC1. The summed E-state index contributed by atoms with van der Waals surface area (Å²) in [6.07, 6.45) is 2.10. The van der Waals surface area contributed by atoms with Gasteiger partial charge in [-0.2, -0.15) is 0 Å². The Morgan fingerprint density at radius 2 is 1.85 bits per heavy atom. The molecule has 0 heterocycles. The molecule has 1 saturated carbocycles. The van der Waals surface area contributed by atoms with Gasteiger partial charge in [0.2, 0.25) is 0 Å². The Bertz CT molecular complexity index is 819. The summed E-state index contributed by atoms with van der Waals surface area (Å²) in [7, 11) is 4.98. The van der Waals surface area contributed by atoms with E-state index in [9.17, 15) is 4.39 Å². The molecule has 1 fully saturated rings. The van der Waals surface area contributed by atoms with Crippen molar-refractivity contribution < 1.29 is 13.9 Å². The van der Waals surface area contributed by atoms with Crippen LogP contribution in [0.5, 0.6) is 11.5 Å². The zero-order valence-electron chi connectivity index (χ0n) is 16.0. The zero-order valence-corrected chi connectivity index (χ0v) is 16.0. The molecule has 0 radical (unpaired) electrons. The van der Waals surface area contributed by atoms with Crippen molar-refractivity contribution in [3.05, 3.63) is 59.4 Å². The van der Waals surface area contributed by atoms with Gasteiger partial charge in [0.25, 0.3) is 0 Å². The molecule has 1 aliphatic rings. The highest BCUT2D eigenvalue weighted by Gasteiger charge is 2.44. The topological polar surface area (TPSA) is 54.9 Å². The fraction of sp³-hybridized carbons (Fsp3) is 0.381. The Morgan fingerprint density at radius 3 is 2.48 bits per heavy atom. The van der Waals surface area contributed by atoms with E-state index >= 15 is 0 Å². The summed E-state index contributed by atoms with van der Waals surface area (Å²) >= 11 is 0. The minimum absolute atomic E-state index is 0.00303. The molecule has 0 amide bonds. The number of rotatable bonds is 7. The summed E-state index contributed by atoms with van der Waals surface area (Å²) in [6, 6.07) is 12.7. The molecule has 0 aliphatic heterocycles. The van der Waals surface area contributed by atoms with E-state index < -0.39 is 0 Å². The van der Waals surface area contributed by atoms with Gasteiger partial charge in [-0.05, 0) is 48.2 Å². The maximum atomic E-state index is 13.5. The van der Waals surface area contributed by atoms with E-state index in [-0.39, 0.29) is 11.2 Å². The first-order chi connectivity index (χ1) is 13.1. The lowest BCUT2D eigenvalue weighted by Crippen LogP contribution is -2.40. The predicted octanol–water partition coefficient (Wildman–Crippen LogP) is 3.24. The van der Waals surface area contributed by atoms with Crippen molar-refractivity contribution in [3.8, 4) is 11.5 Å². The zero-order chi connectivity index (χ0) is 19.3. The number of guanidine groups is 1. The van der Waals surface area contributed by atoms with Crippen LogP contribution in [-0.2, 0) is 12.0 Å². The highest BCUT2D eigenvalue weighted by atomic mass is 19.1. The molecule has 0 aromatic heterocycles. The average molecular weight is 371 g/mol. The third-order valence-corrected chi connectivity index (χ3v) is 5.02. The number of methoxy groups -OCH3 is 2. The second-order valence-corrected chi connectivity index (χ2v) is 6.76. The molecule has 144 valence electrons. The Labute approximate surface area is 159 Å². The molecule has 5 nitrogen and oxygen atoms in total. The third kappa shape index (κ3) is 4.51. The number of hydrogen-bond acceptors (Lipinski definition) is 3. The summed E-state index contributed by atoms with van der Waals surface area (Å²) in [5.41, 5.74) is 2.11. The number of nitrogens with zero attached hydrogens (tertiary/aromatic N) is 1. The third-order valence-electron chi connectivity index (χ3n) is 5.02. The smallest absolute Gasteiger partial charge is 0.191 e. The highest BCUT2D eigenvalue weighted by Crippen LogP contribution is 2.47. The lowest BCUT2D eigenvalue weighted by molar-refractivity contribution is 0.354. The van der Waals surface area contributed by atoms with Crippen molar-refractivity contribution in [2.24, 2.45) is 4.99 Å². The average Bonchev–Trinajstić information content (AvgIpc) is 3.49. The summed E-state index contributed by atoms with van der Waals surface area (Å²) in [6.45, 7) is 1.33. The number of aliphatic imine (C=N–C) groups is 1. The molecule has 2 aromatic carbocycles. The number of ether oxygens (including phenoxy) is 2. The Morgan fingerprint density at radius 1 is 1.07 bits per heavy atom. The van der Waals surface area contributed by atoms with Crippen molar-refractivity contribution in [1.29, 1.82) is 0 Å². The molecule has 0 spiro atoms. The lowest BCUT2D eigenvalue weighted by Gasteiger charge is -2.19. The van der Waals surface area contributed by atoms with E-state index in [1.807, 2.05) is 24.3 Å². The summed E-state index contributed by atoms with van der Waals surface area (Å²) in [5, 5.41) is 6.68. The molecule has 0 unspecified atom stereocenters. The van der Waals surface area contributed by atoms with E-state index in [0.717, 1.165) is 30.5 Å².